The first-order valence-corrected chi connectivity index (χ1v) is 8.82. The molecule has 0 fully saturated rings. The van der Waals surface area contributed by atoms with Crippen molar-refractivity contribution in [2.24, 2.45) is 5.73 Å². The van der Waals surface area contributed by atoms with Gasteiger partial charge >= 0.3 is 0 Å². The number of rotatable bonds is 8. The molecule has 0 amide bonds. The fraction of sp³-hybridized carbons (Fsp3) is 0.700. The summed E-state index contributed by atoms with van der Waals surface area (Å²) < 4.78 is 5.94. The summed E-state index contributed by atoms with van der Waals surface area (Å²) >= 11 is 0. The molecule has 2 nitrogen and oxygen atoms in total. The summed E-state index contributed by atoms with van der Waals surface area (Å²) in [6.45, 7) is 14.1. The number of hydrogen-bond donors (Lipinski definition) is 1. The molecule has 1 aromatic carbocycles. The predicted molar refractivity (Wildman–Crippen MR) is 96.8 cm³/mol. The van der Waals surface area contributed by atoms with Crippen LogP contribution in [0.2, 0.25) is 0 Å². The smallest absolute Gasteiger partial charge is 0.123 e. The molecule has 0 spiro atoms. The summed E-state index contributed by atoms with van der Waals surface area (Å²) in [5.41, 5.74) is 8.86. The molecule has 0 saturated carbocycles. The third-order valence-electron chi connectivity index (χ3n) is 4.34. The number of nitrogens with two attached hydrogens (primary N) is 1. The Morgan fingerprint density at radius 2 is 1.82 bits per heavy atom. The van der Waals surface area contributed by atoms with Gasteiger partial charge in [0.15, 0.2) is 0 Å². The summed E-state index contributed by atoms with van der Waals surface area (Å²) in [6, 6.07) is 7.05. The molecule has 0 radical (unpaired) electrons. The van der Waals surface area contributed by atoms with E-state index in [4.69, 9.17) is 10.5 Å². The number of ether oxygens (including phenoxy) is 1. The average Bonchev–Trinajstić information content (AvgIpc) is 2.49. The van der Waals surface area contributed by atoms with Gasteiger partial charge in [-0.3, -0.25) is 0 Å². The number of hydrogen-bond acceptors (Lipinski definition) is 2. The van der Waals surface area contributed by atoms with E-state index in [1.807, 2.05) is 0 Å². The zero-order valence-electron chi connectivity index (χ0n) is 15.4. The van der Waals surface area contributed by atoms with E-state index < -0.39 is 0 Å². The van der Waals surface area contributed by atoms with Crippen molar-refractivity contribution < 1.29 is 4.74 Å². The molecule has 0 aliphatic rings. The van der Waals surface area contributed by atoms with Crippen LogP contribution in [-0.4, -0.2) is 12.6 Å². The summed E-state index contributed by atoms with van der Waals surface area (Å²) in [5, 5.41) is 0. The Kier molecular flexibility index (Phi) is 7.41. The van der Waals surface area contributed by atoms with Gasteiger partial charge < -0.3 is 10.5 Å². The number of benzene rings is 1. The molecular formula is C20H35NO. The molecule has 2 N–H and O–H groups in total. The molecule has 126 valence electrons. The summed E-state index contributed by atoms with van der Waals surface area (Å²) in [7, 11) is 0. The molecule has 0 aromatic heterocycles. The lowest BCUT2D eigenvalue weighted by atomic mass is 9.83. The summed E-state index contributed by atoms with van der Waals surface area (Å²) in [4.78, 5) is 0. The topological polar surface area (TPSA) is 35.2 Å². The zero-order valence-corrected chi connectivity index (χ0v) is 15.4. The molecule has 2 unspecified atom stereocenters. The van der Waals surface area contributed by atoms with Crippen LogP contribution in [0.3, 0.4) is 0 Å². The minimum atomic E-state index is 0.0959. The first-order chi connectivity index (χ1) is 10.3. The lowest BCUT2D eigenvalue weighted by Crippen LogP contribution is -2.19. The van der Waals surface area contributed by atoms with Crippen LogP contribution >= 0.6 is 0 Å². The van der Waals surface area contributed by atoms with Crippen molar-refractivity contribution >= 4 is 0 Å². The van der Waals surface area contributed by atoms with E-state index in [1.54, 1.807) is 0 Å². The van der Waals surface area contributed by atoms with Gasteiger partial charge in [-0.05, 0) is 54.2 Å². The summed E-state index contributed by atoms with van der Waals surface area (Å²) in [6.07, 6.45) is 4.34. The Morgan fingerprint density at radius 3 is 2.36 bits per heavy atom. The van der Waals surface area contributed by atoms with Crippen LogP contribution in [0.1, 0.15) is 84.3 Å². The van der Waals surface area contributed by atoms with Gasteiger partial charge in [0, 0.05) is 6.04 Å². The second-order valence-corrected chi connectivity index (χ2v) is 7.50. The average molecular weight is 306 g/mol. The third kappa shape index (κ3) is 5.64. The van der Waals surface area contributed by atoms with Crippen LogP contribution in [0, 0.1) is 0 Å². The summed E-state index contributed by atoms with van der Waals surface area (Å²) in [5.74, 6) is 1.58. The van der Waals surface area contributed by atoms with E-state index in [0.29, 0.717) is 12.0 Å². The van der Waals surface area contributed by atoms with Gasteiger partial charge in [-0.25, -0.2) is 0 Å². The van der Waals surface area contributed by atoms with E-state index in [-0.39, 0.29) is 5.41 Å². The van der Waals surface area contributed by atoms with Crippen molar-refractivity contribution in [2.45, 2.75) is 84.6 Å². The SMILES string of the molecule is CCCOc1ccc(C(C)CCC(N)CC)cc1C(C)(C)C. The lowest BCUT2D eigenvalue weighted by Gasteiger charge is -2.25. The van der Waals surface area contributed by atoms with E-state index in [9.17, 15) is 0 Å². The fourth-order valence-corrected chi connectivity index (χ4v) is 2.61. The van der Waals surface area contributed by atoms with Gasteiger partial charge in [-0.1, -0.05) is 53.7 Å². The molecule has 22 heavy (non-hydrogen) atoms. The monoisotopic (exact) mass is 305 g/mol. The van der Waals surface area contributed by atoms with E-state index >= 15 is 0 Å². The maximum absolute atomic E-state index is 6.06. The van der Waals surface area contributed by atoms with Gasteiger partial charge in [0.1, 0.15) is 5.75 Å². The van der Waals surface area contributed by atoms with E-state index in [1.165, 1.54) is 11.1 Å². The van der Waals surface area contributed by atoms with Crippen LogP contribution in [-0.2, 0) is 5.41 Å². The van der Waals surface area contributed by atoms with Crippen molar-refractivity contribution in [3.8, 4) is 5.75 Å². The van der Waals surface area contributed by atoms with Gasteiger partial charge in [0.05, 0.1) is 6.61 Å². The molecule has 1 rings (SSSR count). The van der Waals surface area contributed by atoms with E-state index in [0.717, 1.165) is 38.0 Å². The first-order valence-electron chi connectivity index (χ1n) is 8.82. The van der Waals surface area contributed by atoms with Crippen LogP contribution < -0.4 is 10.5 Å². The highest BCUT2D eigenvalue weighted by atomic mass is 16.5. The van der Waals surface area contributed by atoms with Gasteiger partial charge in [-0.15, -0.1) is 0 Å². The molecule has 2 heteroatoms. The Labute approximate surface area is 137 Å². The largest absolute Gasteiger partial charge is 0.493 e. The minimum absolute atomic E-state index is 0.0959. The highest BCUT2D eigenvalue weighted by molar-refractivity contribution is 5.42. The maximum Gasteiger partial charge on any atom is 0.123 e. The standard InChI is InChI=1S/C20H35NO/c1-7-13-22-19-12-10-16(14-18(19)20(4,5)6)15(3)9-11-17(21)8-2/h10,12,14-15,17H,7-9,11,13,21H2,1-6H3. The molecule has 0 saturated heterocycles. The third-order valence-corrected chi connectivity index (χ3v) is 4.34. The molecule has 2 atom stereocenters. The van der Waals surface area contributed by atoms with Crippen molar-refractivity contribution in [1.29, 1.82) is 0 Å². The normalized spacial score (nSPS) is 14.7. The van der Waals surface area contributed by atoms with Crippen LogP contribution in [0.5, 0.6) is 5.75 Å². The van der Waals surface area contributed by atoms with Crippen molar-refractivity contribution in [3.05, 3.63) is 29.3 Å². The van der Waals surface area contributed by atoms with Crippen molar-refractivity contribution in [2.75, 3.05) is 6.61 Å². The first kappa shape index (κ1) is 19.0. The molecule has 0 bridgehead atoms. The van der Waals surface area contributed by atoms with Gasteiger partial charge in [-0.2, -0.15) is 0 Å². The van der Waals surface area contributed by atoms with Crippen LogP contribution in [0.4, 0.5) is 0 Å². The predicted octanol–water partition coefficient (Wildman–Crippen LogP) is 5.39. The second kappa shape index (κ2) is 8.57. The van der Waals surface area contributed by atoms with Gasteiger partial charge in [0.2, 0.25) is 0 Å². The second-order valence-electron chi connectivity index (χ2n) is 7.50. The molecule has 0 aliphatic carbocycles. The minimum Gasteiger partial charge on any atom is -0.493 e. The Balaban J connectivity index is 2.93. The molecule has 1 aromatic rings. The fourth-order valence-electron chi connectivity index (χ4n) is 2.61. The van der Waals surface area contributed by atoms with Gasteiger partial charge in [0.25, 0.3) is 0 Å². The molecule has 0 heterocycles. The Hall–Kier alpha value is -1.02. The molecule has 0 aliphatic heterocycles. The van der Waals surface area contributed by atoms with Crippen LogP contribution in [0.15, 0.2) is 18.2 Å². The zero-order chi connectivity index (χ0) is 16.8. The highest BCUT2D eigenvalue weighted by Gasteiger charge is 2.21. The van der Waals surface area contributed by atoms with Crippen LogP contribution in [0.25, 0.3) is 0 Å². The van der Waals surface area contributed by atoms with E-state index in [2.05, 4.69) is 59.7 Å². The lowest BCUT2D eigenvalue weighted by molar-refractivity contribution is 0.308. The van der Waals surface area contributed by atoms with Crippen molar-refractivity contribution in [3.63, 3.8) is 0 Å². The Morgan fingerprint density at radius 1 is 1.14 bits per heavy atom. The Bertz CT molecular complexity index is 448. The highest BCUT2D eigenvalue weighted by Crippen LogP contribution is 2.35. The van der Waals surface area contributed by atoms with Crippen molar-refractivity contribution in [1.82, 2.24) is 0 Å². The molecular weight excluding hydrogens is 270 g/mol. The maximum atomic E-state index is 6.06. The quantitative estimate of drug-likeness (QED) is 0.698.